The highest BCUT2D eigenvalue weighted by Gasteiger charge is 2.53. The predicted molar refractivity (Wildman–Crippen MR) is 64.2 cm³/mol. The second-order valence-corrected chi connectivity index (χ2v) is 5.31. The van der Waals surface area contributed by atoms with Crippen LogP contribution in [0.25, 0.3) is 0 Å². The molecule has 6 nitrogen and oxygen atoms in total. The molecule has 2 fully saturated rings. The number of carbonyl (C=O) groups excluding carboxylic acids is 1. The van der Waals surface area contributed by atoms with Crippen molar-refractivity contribution in [1.29, 1.82) is 0 Å². The van der Waals surface area contributed by atoms with Gasteiger partial charge in [0, 0.05) is 13.7 Å². The summed E-state index contributed by atoms with van der Waals surface area (Å²) in [5.41, 5.74) is 0.317. The number of ether oxygens (including phenoxy) is 1. The number of methoxy groups -OCH3 is 1. The second kappa shape index (κ2) is 5.14. The van der Waals surface area contributed by atoms with Gasteiger partial charge in [-0.3, -0.25) is 0 Å². The van der Waals surface area contributed by atoms with Gasteiger partial charge in [0.1, 0.15) is 0 Å². The number of hydrogen-bond acceptors (Lipinski definition) is 3. The van der Waals surface area contributed by atoms with Crippen molar-refractivity contribution in [3.8, 4) is 0 Å². The molecule has 0 aromatic heterocycles. The van der Waals surface area contributed by atoms with Crippen LogP contribution in [0.1, 0.15) is 25.7 Å². The van der Waals surface area contributed by atoms with Gasteiger partial charge in [0.15, 0.2) is 6.04 Å². The average Bonchev–Trinajstić information content (AvgIpc) is 3.15. The lowest BCUT2D eigenvalue weighted by atomic mass is 10.0. The van der Waals surface area contributed by atoms with Crippen molar-refractivity contribution < 1.29 is 19.4 Å². The van der Waals surface area contributed by atoms with Crippen LogP contribution in [0.4, 0.5) is 4.79 Å². The van der Waals surface area contributed by atoms with E-state index in [1.54, 1.807) is 0 Å². The highest BCUT2D eigenvalue weighted by Crippen LogP contribution is 2.60. The van der Waals surface area contributed by atoms with Gasteiger partial charge in [0.2, 0.25) is 0 Å². The molecule has 2 aliphatic carbocycles. The van der Waals surface area contributed by atoms with Crippen LogP contribution in [0.15, 0.2) is 0 Å². The fourth-order valence-corrected chi connectivity index (χ4v) is 2.39. The molecule has 2 saturated carbocycles. The minimum atomic E-state index is -1.09. The highest BCUT2D eigenvalue weighted by molar-refractivity contribution is 5.82. The van der Waals surface area contributed by atoms with E-state index < -0.39 is 18.0 Å². The maximum atomic E-state index is 11.6. The van der Waals surface area contributed by atoms with E-state index in [1.165, 1.54) is 32.8 Å². The van der Waals surface area contributed by atoms with Crippen LogP contribution in [0.5, 0.6) is 0 Å². The lowest BCUT2D eigenvalue weighted by molar-refractivity contribution is -0.140. The van der Waals surface area contributed by atoms with Crippen LogP contribution in [0.2, 0.25) is 0 Å². The molecule has 3 N–H and O–H groups in total. The summed E-state index contributed by atoms with van der Waals surface area (Å²) in [6.45, 7) is 0.624. The average molecular weight is 256 g/mol. The van der Waals surface area contributed by atoms with Gasteiger partial charge in [0.25, 0.3) is 0 Å². The molecule has 6 heteroatoms. The van der Waals surface area contributed by atoms with E-state index >= 15 is 0 Å². The van der Waals surface area contributed by atoms with E-state index in [1.807, 2.05) is 0 Å². The van der Waals surface area contributed by atoms with Gasteiger partial charge in [-0.1, -0.05) is 0 Å². The number of rotatable bonds is 7. The summed E-state index contributed by atoms with van der Waals surface area (Å²) >= 11 is 0. The zero-order valence-electron chi connectivity index (χ0n) is 10.6. The molecule has 2 amide bonds. The molecule has 0 aliphatic heterocycles. The van der Waals surface area contributed by atoms with Crippen molar-refractivity contribution in [2.45, 2.75) is 31.7 Å². The molecule has 2 rings (SSSR count). The molecule has 0 heterocycles. The van der Waals surface area contributed by atoms with Crippen LogP contribution in [-0.4, -0.2) is 43.4 Å². The zero-order chi connectivity index (χ0) is 13.2. The molecule has 1 atom stereocenters. The summed E-state index contributed by atoms with van der Waals surface area (Å²) in [4.78, 5) is 22.4. The third kappa shape index (κ3) is 3.13. The normalized spacial score (nSPS) is 22.1. The topological polar surface area (TPSA) is 87.7 Å². The molecule has 0 bridgehead atoms. The summed E-state index contributed by atoms with van der Waals surface area (Å²) in [6.07, 6.45) is 4.90. The quantitative estimate of drug-likeness (QED) is 0.621. The maximum absolute atomic E-state index is 11.6. The molecule has 0 radical (unpaired) electrons. The monoisotopic (exact) mass is 256 g/mol. The Morgan fingerprint density at radius 3 is 2.56 bits per heavy atom. The summed E-state index contributed by atoms with van der Waals surface area (Å²) in [7, 11) is 1.40. The van der Waals surface area contributed by atoms with Crippen LogP contribution in [-0.2, 0) is 9.53 Å². The fraction of sp³-hybridized carbons (Fsp3) is 0.833. The Morgan fingerprint density at radius 1 is 1.44 bits per heavy atom. The molecular formula is C12H20N2O4. The van der Waals surface area contributed by atoms with Crippen LogP contribution in [0.3, 0.4) is 0 Å². The fourth-order valence-electron chi connectivity index (χ4n) is 2.39. The minimum Gasteiger partial charge on any atom is -0.480 e. The predicted octanol–water partition coefficient (Wildman–Crippen LogP) is 0.575. The molecule has 0 aromatic rings. The Balaban J connectivity index is 1.72. The van der Waals surface area contributed by atoms with Crippen molar-refractivity contribution in [2.75, 3.05) is 20.3 Å². The Hall–Kier alpha value is -1.30. The van der Waals surface area contributed by atoms with Crippen molar-refractivity contribution in [3.63, 3.8) is 0 Å². The molecule has 0 saturated heterocycles. The number of amides is 2. The van der Waals surface area contributed by atoms with Crippen LogP contribution in [0, 0.1) is 11.3 Å². The number of nitrogens with one attached hydrogen (secondary N) is 2. The third-order valence-corrected chi connectivity index (χ3v) is 3.87. The third-order valence-electron chi connectivity index (χ3n) is 3.87. The van der Waals surface area contributed by atoms with E-state index in [9.17, 15) is 9.59 Å². The van der Waals surface area contributed by atoms with E-state index in [-0.39, 0.29) is 6.61 Å². The Kier molecular flexibility index (Phi) is 3.75. The Morgan fingerprint density at radius 2 is 2.11 bits per heavy atom. The molecule has 2 aliphatic rings. The molecular weight excluding hydrogens is 236 g/mol. The van der Waals surface area contributed by atoms with Crippen molar-refractivity contribution in [2.24, 2.45) is 11.3 Å². The molecule has 0 aromatic carbocycles. The van der Waals surface area contributed by atoms with Crippen LogP contribution >= 0.6 is 0 Å². The number of carboxylic acid groups (broad SMARTS) is 1. The maximum Gasteiger partial charge on any atom is 0.328 e. The molecule has 1 unspecified atom stereocenters. The van der Waals surface area contributed by atoms with Gasteiger partial charge < -0.3 is 20.5 Å². The van der Waals surface area contributed by atoms with Gasteiger partial charge >= 0.3 is 12.0 Å². The van der Waals surface area contributed by atoms with E-state index in [0.717, 1.165) is 5.92 Å². The number of urea groups is 1. The second-order valence-electron chi connectivity index (χ2n) is 5.31. The summed E-state index contributed by atoms with van der Waals surface area (Å²) in [5.74, 6) is -0.317. The molecule has 18 heavy (non-hydrogen) atoms. The van der Waals surface area contributed by atoms with Crippen LogP contribution < -0.4 is 10.6 Å². The van der Waals surface area contributed by atoms with E-state index in [0.29, 0.717) is 12.0 Å². The number of carbonyl (C=O) groups is 2. The molecule has 102 valence electrons. The van der Waals surface area contributed by atoms with E-state index in [4.69, 9.17) is 9.84 Å². The number of carboxylic acids is 1. The van der Waals surface area contributed by atoms with Gasteiger partial charge in [-0.15, -0.1) is 0 Å². The first-order valence-corrected chi connectivity index (χ1v) is 6.33. The summed E-state index contributed by atoms with van der Waals surface area (Å²) < 4.78 is 4.75. The minimum absolute atomic E-state index is 0.0312. The van der Waals surface area contributed by atoms with Crippen molar-refractivity contribution >= 4 is 12.0 Å². The first kappa shape index (κ1) is 13.1. The first-order chi connectivity index (χ1) is 8.57. The Bertz CT molecular complexity index is 337. The summed E-state index contributed by atoms with van der Waals surface area (Å²) in [6, 6.07) is -1.42. The number of hydrogen-bond donors (Lipinski definition) is 3. The van der Waals surface area contributed by atoms with Gasteiger partial charge in [-0.25, -0.2) is 9.59 Å². The highest BCUT2D eigenvalue weighted by atomic mass is 16.5. The molecule has 0 spiro atoms. The standard InChI is InChI=1S/C12H20N2O4/c1-18-6-9(10(15)16)14-11(17)13-7-12(4-5-12)8-2-3-8/h8-9H,2-7H2,1H3,(H,15,16)(H2,13,14,17). The van der Waals surface area contributed by atoms with Gasteiger partial charge in [-0.2, -0.15) is 0 Å². The first-order valence-electron chi connectivity index (χ1n) is 6.33. The largest absolute Gasteiger partial charge is 0.480 e. The lowest BCUT2D eigenvalue weighted by Gasteiger charge is -2.18. The SMILES string of the molecule is COCC(NC(=O)NCC1(C2CC2)CC1)C(=O)O. The van der Waals surface area contributed by atoms with E-state index in [2.05, 4.69) is 10.6 Å². The van der Waals surface area contributed by atoms with Crippen molar-refractivity contribution in [1.82, 2.24) is 10.6 Å². The smallest absolute Gasteiger partial charge is 0.328 e. The lowest BCUT2D eigenvalue weighted by Crippen LogP contribution is -2.49. The van der Waals surface area contributed by atoms with Crippen molar-refractivity contribution in [3.05, 3.63) is 0 Å². The summed E-state index contributed by atoms with van der Waals surface area (Å²) in [5, 5.41) is 14.1. The number of aliphatic carboxylic acids is 1. The van der Waals surface area contributed by atoms with Gasteiger partial charge in [-0.05, 0) is 37.0 Å². The van der Waals surface area contributed by atoms with Gasteiger partial charge in [0.05, 0.1) is 6.61 Å². The zero-order valence-corrected chi connectivity index (χ0v) is 10.6. The Labute approximate surface area is 106 Å².